The standard InChI is InChI=1S/C16H27NO3S/c1-5-10-21(18,19)11-9-20-15-8-6-7-14(12-15)13-17-16(2,3)4/h6-8,12,17H,5,9-11,13H2,1-4H3. The van der Waals surface area contributed by atoms with Crippen molar-refractivity contribution in [3.05, 3.63) is 29.8 Å². The van der Waals surface area contributed by atoms with Gasteiger partial charge in [-0.15, -0.1) is 0 Å². The van der Waals surface area contributed by atoms with Gasteiger partial charge in [-0.3, -0.25) is 0 Å². The molecular formula is C16H27NO3S. The van der Waals surface area contributed by atoms with Crippen LogP contribution in [0.15, 0.2) is 24.3 Å². The number of rotatable bonds is 8. The van der Waals surface area contributed by atoms with E-state index >= 15 is 0 Å². The molecule has 120 valence electrons. The molecule has 4 nitrogen and oxygen atoms in total. The zero-order chi connectivity index (χ0) is 15.9. The van der Waals surface area contributed by atoms with Crippen molar-refractivity contribution in [1.82, 2.24) is 5.32 Å². The van der Waals surface area contributed by atoms with Gasteiger partial charge in [-0.05, 0) is 44.9 Å². The van der Waals surface area contributed by atoms with E-state index in [1.165, 1.54) is 0 Å². The summed E-state index contributed by atoms with van der Waals surface area (Å²) in [5.74, 6) is 1.02. The Morgan fingerprint density at radius 1 is 1.19 bits per heavy atom. The fraction of sp³-hybridized carbons (Fsp3) is 0.625. The van der Waals surface area contributed by atoms with Gasteiger partial charge in [-0.2, -0.15) is 0 Å². The SMILES string of the molecule is CCCS(=O)(=O)CCOc1cccc(CNC(C)(C)C)c1. The van der Waals surface area contributed by atoms with Crippen molar-refractivity contribution in [3.8, 4) is 5.75 Å². The van der Waals surface area contributed by atoms with Crippen LogP contribution in [0.3, 0.4) is 0 Å². The van der Waals surface area contributed by atoms with Crippen molar-refractivity contribution in [1.29, 1.82) is 0 Å². The second-order valence-electron chi connectivity index (χ2n) is 6.25. The van der Waals surface area contributed by atoms with Gasteiger partial charge < -0.3 is 10.1 Å². The molecular weight excluding hydrogens is 286 g/mol. The van der Waals surface area contributed by atoms with Crippen LogP contribution in [-0.2, 0) is 16.4 Å². The van der Waals surface area contributed by atoms with Gasteiger partial charge in [0.2, 0.25) is 0 Å². The van der Waals surface area contributed by atoms with Crippen LogP contribution in [0.5, 0.6) is 5.75 Å². The third-order valence-corrected chi connectivity index (χ3v) is 4.72. The lowest BCUT2D eigenvalue weighted by atomic mass is 10.1. The lowest BCUT2D eigenvalue weighted by molar-refractivity contribution is 0.340. The zero-order valence-electron chi connectivity index (χ0n) is 13.5. The Kier molecular flexibility index (Phi) is 6.68. The fourth-order valence-electron chi connectivity index (χ4n) is 1.81. The van der Waals surface area contributed by atoms with Gasteiger partial charge in [0.25, 0.3) is 0 Å². The number of nitrogens with one attached hydrogen (secondary N) is 1. The Morgan fingerprint density at radius 2 is 1.90 bits per heavy atom. The van der Waals surface area contributed by atoms with E-state index in [0.717, 1.165) is 17.9 Å². The molecule has 1 N–H and O–H groups in total. The van der Waals surface area contributed by atoms with E-state index in [1.807, 2.05) is 31.2 Å². The van der Waals surface area contributed by atoms with Crippen LogP contribution in [-0.4, -0.2) is 32.1 Å². The molecule has 0 saturated carbocycles. The summed E-state index contributed by atoms with van der Waals surface area (Å²) >= 11 is 0. The molecule has 0 aliphatic carbocycles. The van der Waals surface area contributed by atoms with Gasteiger partial charge in [0.05, 0.1) is 11.5 Å². The predicted octanol–water partition coefficient (Wildman–Crippen LogP) is 2.78. The molecule has 0 atom stereocenters. The first-order valence-corrected chi connectivity index (χ1v) is 9.21. The topological polar surface area (TPSA) is 55.4 Å². The average molecular weight is 313 g/mol. The number of benzene rings is 1. The monoisotopic (exact) mass is 313 g/mol. The van der Waals surface area contributed by atoms with Crippen LogP contribution < -0.4 is 10.1 Å². The van der Waals surface area contributed by atoms with Crippen molar-refractivity contribution >= 4 is 9.84 Å². The van der Waals surface area contributed by atoms with E-state index < -0.39 is 9.84 Å². The molecule has 0 aliphatic heterocycles. The van der Waals surface area contributed by atoms with Crippen LogP contribution in [0.25, 0.3) is 0 Å². The summed E-state index contributed by atoms with van der Waals surface area (Å²) in [4.78, 5) is 0. The molecule has 0 aromatic heterocycles. The minimum absolute atomic E-state index is 0.0606. The maximum atomic E-state index is 11.6. The van der Waals surface area contributed by atoms with E-state index in [2.05, 4.69) is 26.1 Å². The lowest BCUT2D eigenvalue weighted by Crippen LogP contribution is -2.35. The maximum absolute atomic E-state index is 11.6. The maximum Gasteiger partial charge on any atom is 0.153 e. The van der Waals surface area contributed by atoms with E-state index in [4.69, 9.17) is 4.74 Å². The second-order valence-corrected chi connectivity index (χ2v) is 8.55. The molecule has 0 bridgehead atoms. The quantitative estimate of drug-likeness (QED) is 0.802. The summed E-state index contributed by atoms with van der Waals surface area (Å²) in [6.07, 6.45) is 0.649. The minimum Gasteiger partial charge on any atom is -0.493 e. The van der Waals surface area contributed by atoms with Crippen molar-refractivity contribution in [3.63, 3.8) is 0 Å². The van der Waals surface area contributed by atoms with Crippen molar-refractivity contribution in [2.24, 2.45) is 0 Å². The summed E-state index contributed by atoms with van der Waals surface area (Å²) in [6.45, 7) is 9.18. The van der Waals surface area contributed by atoms with E-state index in [-0.39, 0.29) is 23.7 Å². The van der Waals surface area contributed by atoms with E-state index in [0.29, 0.717) is 6.42 Å². The van der Waals surface area contributed by atoms with Gasteiger partial charge in [0.15, 0.2) is 9.84 Å². The Labute approximate surface area is 128 Å². The molecule has 5 heteroatoms. The smallest absolute Gasteiger partial charge is 0.153 e. The minimum atomic E-state index is -2.98. The average Bonchev–Trinajstić information content (AvgIpc) is 2.36. The Bertz CT molecular complexity index is 533. The molecule has 0 radical (unpaired) electrons. The summed E-state index contributed by atoms with van der Waals surface area (Å²) in [5.41, 5.74) is 1.18. The number of ether oxygens (including phenoxy) is 1. The highest BCUT2D eigenvalue weighted by Crippen LogP contribution is 2.14. The van der Waals surface area contributed by atoms with Crippen molar-refractivity contribution in [2.75, 3.05) is 18.1 Å². The molecule has 1 aromatic rings. The first-order valence-electron chi connectivity index (χ1n) is 7.39. The molecule has 0 aliphatic rings. The largest absolute Gasteiger partial charge is 0.493 e. The molecule has 0 fully saturated rings. The fourth-order valence-corrected chi connectivity index (χ4v) is 2.98. The third kappa shape index (κ3) is 8.07. The second kappa shape index (κ2) is 7.80. The molecule has 1 rings (SSSR count). The van der Waals surface area contributed by atoms with Crippen LogP contribution in [0.2, 0.25) is 0 Å². The summed E-state index contributed by atoms with van der Waals surface area (Å²) < 4.78 is 28.8. The molecule has 1 aromatic carbocycles. The molecule has 21 heavy (non-hydrogen) atoms. The highest BCUT2D eigenvalue weighted by Gasteiger charge is 2.10. The van der Waals surface area contributed by atoms with Crippen LogP contribution in [0, 0.1) is 0 Å². The molecule has 0 unspecified atom stereocenters. The van der Waals surface area contributed by atoms with Gasteiger partial charge in [0.1, 0.15) is 12.4 Å². The van der Waals surface area contributed by atoms with Crippen LogP contribution in [0.1, 0.15) is 39.7 Å². The number of hydrogen-bond donors (Lipinski definition) is 1. The van der Waals surface area contributed by atoms with Gasteiger partial charge >= 0.3 is 0 Å². The van der Waals surface area contributed by atoms with Crippen LogP contribution in [0.4, 0.5) is 0 Å². The summed E-state index contributed by atoms with van der Waals surface area (Å²) in [7, 11) is -2.98. The first-order chi connectivity index (χ1) is 9.72. The number of hydrogen-bond acceptors (Lipinski definition) is 4. The van der Waals surface area contributed by atoms with Gasteiger partial charge in [-0.25, -0.2) is 8.42 Å². The molecule has 0 amide bonds. The summed E-state index contributed by atoms with van der Waals surface area (Å²) in [5, 5.41) is 3.41. The van der Waals surface area contributed by atoms with Crippen molar-refractivity contribution in [2.45, 2.75) is 46.2 Å². The molecule has 0 saturated heterocycles. The first kappa shape index (κ1) is 18.0. The highest BCUT2D eigenvalue weighted by molar-refractivity contribution is 7.91. The lowest BCUT2D eigenvalue weighted by Gasteiger charge is -2.20. The third-order valence-electron chi connectivity index (χ3n) is 2.90. The predicted molar refractivity (Wildman–Crippen MR) is 87.5 cm³/mol. The number of sulfone groups is 1. The molecule has 0 spiro atoms. The Balaban J connectivity index is 2.50. The highest BCUT2D eigenvalue weighted by atomic mass is 32.2. The van der Waals surface area contributed by atoms with Gasteiger partial charge in [0, 0.05) is 12.1 Å². The normalized spacial score (nSPS) is 12.4. The Morgan fingerprint density at radius 3 is 2.52 bits per heavy atom. The zero-order valence-corrected chi connectivity index (χ0v) is 14.3. The van der Waals surface area contributed by atoms with Crippen molar-refractivity contribution < 1.29 is 13.2 Å². The summed E-state index contributed by atoms with van der Waals surface area (Å²) in [6, 6.07) is 7.76. The van der Waals surface area contributed by atoms with Gasteiger partial charge in [-0.1, -0.05) is 19.1 Å². The van der Waals surface area contributed by atoms with Crippen LogP contribution >= 0.6 is 0 Å². The van der Waals surface area contributed by atoms with E-state index in [9.17, 15) is 8.42 Å². The Hall–Kier alpha value is -1.07. The van der Waals surface area contributed by atoms with E-state index in [1.54, 1.807) is 0 Å². The molecule has 0 heterocycles.